The lowest BCUT2D eigenvalue weighted by atomic mass is 9.97. The monoisotopic (exact) mass is 345 g/mol. The number of allylic oxidation sites excluding steroid dienone is 3. The van der Waals surface area contributed by atoms with Crippen molar-refractivity contribution in [3.05, 3.63) is 90.0 Å². The average molecular weight is 345 g/mol. The molecule has 0 fully saturated rings. The molecule has 0 aliphatic carbocycles. The molecular formula is C24H27NO. The van der Waals surface area contributed by atoms with Crippen LogP contribution in [0.15, 0.2) is 83.9 Å². The zero-order valence-electron chi connectivity index (χ0n) is 16.1. The fourth-order valence-corrected chi connectivity index (χ4v) is 2.67. The number of nitrogens with zero attached hydrogens (tertiary/aromatic N) is 1. The number of hydrogen-bond donors (Lipinski definition) is 0. The van der Waals surface area contributed by atoms with Crippen LogP contribution in [-0.2, 0) is 0 Å². The van der Waals surface area contributed by atoms with Crippen LogP contribution in [0.1, 0.15) is 25.0 Å². The molecule has 0 saturated heterocycles. The van der Waals surface area contributed by atoms with Crippen LogP contribution in [0.5, 0.6) is 5.75 Å². The van der Waals surface area contributed by atoms with Crippen molar-refractivity contribution in [3.8, 4) is 16.9 Å². The molecule has 0 radical (unpaired) electrons. The topological polar surface area (TPSA) is 21.6 Å². The molecule has 0 spiro atoms. The van der Waals surface area contributed by atoms with E-state index in [4.69, 9.17) is 9.73 Å². The van der Waals surface area contributed by atoms with Gasteiger partial charge in [-0.3, -0.25) is 4.99 Å². The first-order chi connectivity index (χ1) is 12.6. The maximum absolute atomic E-state index is 5.24. The zero-order valence-corrected chi connectivity index (χ0v) is 16.1. The molecule has 0 aliphatic rings. The molecule has 2 heteroatoms. The number of aliphatic imine (C=N–C) groups is 1. The van der Waals surface area contributed by atoms with Crippen molar-refractivity contribution in [1.82, 2.24) is 0 Å². The second-order valence-electron chi connectivity index (χ2n) is 6.13. The van der Waals surface area contributed by atoms with Gasteiger partial charge in [0.2, 0.25) is 0 Å². The smallest absolute Gasteiger partial charge is 0.118 e. The van der Waals surface area contributed by atoms with E-state index in [0.29, 0.717) is 6.54 Å². The third-order valence-electron chi connectivity index (χ3n) is 4.31. The van der Waals surface area contributed by atoms with Gasteiger partial charge in [0.15, 0.2) is 0 Å². The molecule has 0 N–H and O–H groups in total. The number of benzene rings is 2. The Morgan fingerprint density at radius 2 is 1.81 bits per heavy atom. The molecule has 0 bridgehead atoms. The lowest BCUT2D eigenvalue weighted by Gasteiger charge is -2.10. The number of methoxy groups -OCH3 is 1. The van der Waals surface area contributed by atoms with E-state index in [1.54, 1.807) is 7.11 Å². The first-order valence-electron chi connectivity index (χ1n) is 8.79. The summed E-state index contributed by atoms with van der Waals surface area (Å²) in [4.78, 5) is 4.76. The first-order valence-corrected chi connectivity index (χ1v) is 8.79. The lowest BCUT2D eigenvalue weighted by Crippen LogP contribution is -2.01. The van der Waals surface area contributed by atoms with Crippen molar-refractivity contribution < 1.29 is 4.74 Å². The van der Waals surface area contributed by atoms with E-state index in [1.807, 2.05) is 43.4 Å². The quantitative estimate of drug-likeness (QED) is 0.434. The molecule has 2 rings (SSSR count). The number of hydrogen-bond acceptors (Lipinski definition) is 2. The largest absolute Gasteiger partial charge is 0.497 e. The predicted molar refractivity (Wildman–Crippen MR) is 113 cm³/mol. The Hall–Kier alpha value is -2.87. The molecule has 134 valence electrons. The maximum atomic E-state index is 5.24. The summed E-state index contributed by atoms with van der Waals surface area (Å²) in [5.41, 5.74) is 6.88. The normalized spacial score (nSPS) is 12.5. The fraction of sp³-hybridized carbons (Fsp3) is 0.208. The van der Waals surface area contributed by atoms with Crippen LogP contribution >= 0.6 is 0 Å². The van der Waals surface area contributed by atoms with E-state index in [2.05, 4.69) is 50.8 Å². The Morgan fingerprint density at radius 3 is 2.42 bits per heavy atom. The van der Waals surface area contributed by atoms with Crippen molar-refractivity contribution in [2.45, 2.75) is 20.8 Å². The van der Waals surface area contributed by atoms with Crippen molar-refractivity contribution in [2.24, 2.45) is 4.99 Å². The molecule has 0 aromatic heterocycles. The molecule has 0 unspecified atom stereocenters. The van der Waals surface area contributed by atoms with Gasteiger partial charge in [-0.2, -0.15) is 0 Å². The highest BCUT2D eigenvalue weighted by Gasteiger charge is 2.06. The molecule has 2 aromatic carbocycles. The summed E-state index contributed by atoms with van der Waals surface area (Å²) in [6, 6.07) is 14.6. The van der Waals surface area contributed by atoms with Gasteiger partial charge in [-0.05, 0) is 66.8 Å². The minimum absolute atomic E-state index is 0.631. The van der Waals surface area contributed by atoms with Gasteiger partial charge >= 0.3 is 0 Å². The molecule has 2 aromatic rings. The molecule has 0 aliphatic heterocycles. The minimum atomic E-state index is 0.631. The van der Waals surface area contributed by atoms with Crippen LogP contribution in [0, 0.1) is 6.92 Å². The maximum Gasteiger partial charge on any atom is 0.118 e. The van der Waals surface area contributed by atoms with Crippen molar-refractivity contribution >= 4 is 5.71 Å². The van der Waals surface area contributed by atoms with Gasteiger partial charge in [0.25, 0.3) is 0 Å². The van der Waals surface area contributed by atoms with E-state index in [0.717, 1.165) is 17.0 Å². The van der Waals surface area contributed by atoms with Gasteiger partial charge in [0.05, 0.1) is 13.7 Å². The summed E-state index contributed by atoms with van der Waals surface area (Å²) in [5.74, 6) is 0.865. The molecular weight excluding hydrogens is 318 g/mol. The fourth-order valence-electron chi connectivity index (χ4n) is 2.67. The number of aryl methyl sites for hydroxylation is 1. The summed E-state index contributed by atoms with van der Waals surface area (Å²) < 4.78 is 5.24. The Labute approximate surface area is 157 Å². The van der Waals surface area contributed by atoms with E-state index in [1.165, 1.54) is 22.3 Å². The lowest BCUT2D eigenvalue weighted by molar-refractivity contribution is 0.415. The van der Waals surface area contributed by atoms with Crippen LogP contribution < -0.4 is 4.74 Å². The summed E-state index contributed by atoms with van der Waals surface area (Å²) in [6.45, 7) is 10.7. The van der Waals surface area contributed by atoms with E-state index < -0.39 is 0 Å². The van der Waals surface area contributed by atoms with Gasteiger partial charge in [-0.15, -0.1) is 0 Å². The zero-order chi connectivity index (χ0) is 18.9. The molecule has 2 nitrogen and oxygen atoms in total. The Kier molecular flexibility index (Phi) is 7.16. The average Bonchev–Trinajstić information content (AvgIpc) is 2.68. The standard InChI is InChI=1S/C24H27NO/c1-6-8-9-20(7-2)17-25-19(4)24-16-22(11-10-18(24)3)21-12-14-23(26-5)15-13-21/h6-16H,2,17H2,1,3-5H3/b8-6-,20-9+,25-19-. The van der Waals surface area contributed by atoms with Crippen LogP contribution in [0.3, 0.4) is 0 Å². The van der Waals surface area contributed by atoms with E-state index >= 15 is 0 Å². The highest BCUT2D eigenvalue weighted by atomic mass is 16.5. The Morgan fingerprint density at radius 1 is 1.12 bits per heavy atom. The predicted octanol–water partition coefficient (Wildman–Crippen LogP) is 6.17. The Balaban J connectivity index is 2.30. The van der Waals surface area contributed by atoms with Gasteiger partial charge in [-0.25, -0.2) is 0 Å². The first kappa shape index (κ1) is 19.5. The van der Waals surface area contributed by atoms with Crippen molar-refractivity contribution in [3.63, 3.8) is 0 Å². The van der Waals surface area contributed by atoms with Crippen LogP contribution in [-0.4, -0.2) is 19.4 Å². The molecule has 0 amide bonds. The minimum Gasteiger partial charge on any atom is -0.497 e. The van der Waals surface area contributed by atoms with Crippen LogP contribution in [0.25, 0.3) is 11.1 Å². The van der Waals surface area contributed by atoms with Gasteiger partial charge < -0.3 is 4.74 Å². The number of rotatable bonds is 7. The third-order valence-corrected chi connectivity index (χ3v) is 4.31. The Bertz CT molecular complexity index is 839. The summed E-state index contributed by atoms with van der Waals surface area (Å²) in [6.07, 6.45) is 7.92. The van der Waals surface area contributed by atoms with Gasteiger partial charge in [0, 0.05) is 5.71 Å². The van der Waals surface area contributed by atoms with Crippen molar-refractivity contribution in [1.29, 1.82) is 0 Å². The molecule has 0 atom stereocenters. The van der Waals surface area contributed by atoms with E-state index in [-0.39, 0.29) is 0 Å². The van der Waals surface area contributed by atoms with Gasteiger partial charge in [-0.1, -0.05) is 55.1 Å². The van der Waals surface area contributed by atoms with Gasteiger partial charge in [0.1, 0.15) is 5.75 Å². The van der Waals surface area contributed by atoms with E-state index in [9.17, 15) is 0 Å². The number of ether oxygens (including phenoxy) is 1. The highest BCUT2D eigenvalue weighted by Crippen LogP contribution is 2.25. The highest BCUT2D eigenvalue weighted by molar-refractivity contribution is 6.01. The molecule has 0 heterocycles. The second-order valence-corrected chi connectivity index (χ2v) is 6.13. The van der Waals surface area contributed by atoms with Crippen LogP contribution in [0.4, 0.5) is 0 Å². The summed E-state index contributed by atoms with van der Waals surface area (Å²) in [7, 11) is 1.68. The summed E-state index contributed by atoms with van der Waals surface area (Å²) in [5, 5.41) is 0. The summed E-state index contributed by atoms with van der Waals surface area (Å²) >= 11 is 0. The molecule has 0 saturated carbocycles. The third kappa shape index (κ3) is 5.06. The second kappa shape index (κ2) is 9.57. The molecule has 26 heavy (non-hydrogen) atoms. The van der Waals surface area contributed by atoms with Crippen LogP contribution in [0.2, 0.25) is 0 Å². The van der Waals surface area contributed by atoms with Crippen molar-refractivity contribution in [2.75, 3.05) is 13.7 Å². The SMILES string of the molecule is C=C/C(=C\C=C/C)C/N=C(/C)c1cc(-c2ccc(OC)cc2)ccc1C.